The molecule has 0 bridgehead atoms. The summed E-state index contributed by atoms with van der Waals surface area (Å²) in [6.45, 7) is 3.07. The van der Waals surface area contributed by atoms with E-state index in [1.54, 1.807) is 30.5 Å². The summed E-state index contributed by atoms with van der Waals surface area (Å²) >= 11 is 0. The lowest BCUT2D eigenvalue weighted by molar-refractivity contribution is 0.0950. The van der Waals surface area contributed by atoms with Gasteiger partial charge in [0.25, 0.3) is 11.8 Å². The zero-order chi connectivity index (χ0) is 16.5. The van der Waals surface area contributed by atoms with Crippen LogP contribution in [0, 0.1) is 0 Å². The Morgan fingerprint density at radius 1 is 1.00 bits per heavy atom. The van der Waals surface area contributed by atoms with Gasteiger partial charge in [-0.1, -0.05) is 25.5 Å². The van der Waals surface area contributed by atoms with Crippen LogP contribution in [-0.4, -0.2) is 23.3 Å². The zero-order valence-electron chi connectivity index (χ0n) is 13.2. The largest absolute Gasteiger partial charge is 0.352 e. The van der Waals surface area contributed by atoms with Gasteiger partial charge in [0.1, 0.15) is 0 Å². The second kappa shape index (κ2) is 8.68. The first-order chi connectivity index (χ1) is 11.2. The fraction of sp³-hybridized carbons (Fsp3) is 0.278. The van der Waals surface area contributed by atoms with Gasteiger partial charge < -0.3 is 10.6 Å². The maximum absolute atomic E-state index is 12.2. The Bertz CT molecular complexity index is 656. The van der Waals surface area contributed by atoms with Crippen molar-refractivity contribution in [2.24, 2.45) is 0 Å². The lowest BCUT2D eigenvalue weighted by Crippen LogP contribution is -2.26. The molecular formula is C18H21N3O2. The van der Waals surface area contributed by atoms with E-state index in [1.165, 1.54) is 0 Å². The predicted molar refractivity (Wildman–Crippen MR) is 89.1 cm³/mol. The summed E-state index contributed by atoms with van der Waals surface area (Å²) in [6, 6.07) is 12.3. The van der Waals surface area contributed by atoms with Crippen molar-refractivity contribution in [1.29, 1.82) is 0 Å². The van der Waals surface area contributed by atoms with Crippen LogP contribution < -0.4 is 10.6 Å². The highest BCUT2D eigenvalue weighted by Gasteiger charge is 2.10. The van der Waals surface area contributed by atoms with E-state index in [1.807, 2.05) is 18.2 Å². The van der Waals surface area contributed by atoms with Crippen molar-refractivity contribution in [2.75, 3.05) is 6.54 Å². The Labute approximate surface area is 136 Å². The number of unbranched alkanes of at least 4 members (excludes halogenated alkanes) is 1. The molecule has 0 aliphatic rings. The van der Waals surface area contributed by atoms with Crippen molar-refractivity contribution in [2.45, 2.75) is 26.3 Å². The summed E-state index contributed by atoms with van der Waals surface area (Å²) in [6.07, 6.45) is 3.65. The molecule has 0 unspecified atom stereocenters. The number of nitrogens with zero attached hydrogens (tertiary/aromatic N) is 1. The molecule has 0 saturated heterocycles. The van der Waals surface area contributed by atoms with Crippen LogP contribution in [0.4, 0.5) is 0 Å². The first-order valence-corrected chi connectivity index (χ1v) is 7.77. The molecule has 0 saturated carbocycles. The summed E-state index contributed by atoms with van der Waals surface area (Å²) < 4.78 is 0. The quantitative estimate of drug-likeness (QED) is 0.772. The number of rotatable bonds is 7. The number of carbonyl (C=O) groups excluding carboxylic acids is 2. The van der Waals surface area contributed by atoms with Gasteiger partial charge in [0.05, 0.1) is 12.2 Å². The molecular weight excluding hydrogens is 290 g/mol. The highest BCUT2D eigenvalue weighted by Crippen LogP contribution is 2.06. The maximum atomic E-state index is 12.2. The van der Waals surface area contributed by atoms with E-state index in [0.29, 0.717) is 24.2 Å². The van der Waals surface area contributed by atoms with Crippen LogP contribution in [-0.2, 0) is 6.54 Å². The van der Waals surface area contributed by atoms with Crippen molar-refractivity contribution in [3.63, 3.8) is 0 Å². The number of nitrogens with one attached hydrogen (secondary N) is 2. The van der Waals surface area contributed by atoms with E-state index in [2.05, 4.69) is 22.5 Å². The van der Waals surface area contributed by atoms with E-state index in [-0.39, 0.29) is 11.8 Å². The molecule has 1 heterocycles. The minimum Gasteiger partial charge on any atom is -0.352 e. The van der Waals surface area contributed by atoms with Crippen LogP contribution in [0.25, 0.3) is 0 Å². The summed E-state index contributed by atoms with van der Waals surface area (Å²) in [5.41, 5.74) is 1.74. The normalized spacial score (nSPS) is 10.1. The van der Waals surface area contributed by atoms with Crippen LogP contribution in [0.5, 0.6) is 0 Å². The van der Waals surface area contributed by atoms with Crippen LogP contribution in [0.15, 0.2) is 48.7 Å². The molecule has 1 aromatic carbocycles. The summed E-state index contributed by atoms with van der Waals surface area (Å²) in [7, 11) is 0. The first-order valence-electron chi connectivity index (χ1n) is 7.77. The van der Waals surface area contributed by atoms with Gasteiger partial charge in [-0.15, -0.1) is 0 Å². The fourth-order valence-electron chi connectivity index (χ4n) is 2.06. The van der Waals surface area contributed by atoms with E-state index in [0.717, 1.165) is 18.5 Å². The first kappa shape index (κ1) is 16.7. The average molecular weight is 311 g/mol. The number of hydrogen-bond donors (Lipinski definition) is 2. The zero-order valence-corrected chi connectivity index (χ0v) is 13.2. The highest BCUT2D eigenvalue weighted by atomic mass is 16.2. The number of hydrogen-bond acceptors (Lipinski definition) is 3. The second-order valence-electron chi connectivity index (χ2n) is 5.19. The number of aromatic nitrogens is 1. The molecule has 0 radical (unpaired) electrons. The molecule has 1 aromatic heterocycles. The minimum absolute atomic E-state index is 0.155. The molecule has 2 aromatic rings. The average Bonchev–Trinajstić information content (AvgIpc) is 2.61. The molecule has 0 atom stereocenters. The second-order valence-corrected chi connectivity index (χ2v) is 5.19. The Balaban J connectivity index is 1.95. The molecule has 23 heavy (non-hydrogen) atoms. The van der Waals surface area contributed by atoms with Crippen LogP contribution >= 0.6 is 0 Å². The minimum atomic E-state index is -0.223. The van der Waals surface area contributed by atoms with Gasteiger partial charge in [0, 0.05) is 23.9 Å². The Morgan fingerprint density at radius 3 is 2.39 bits per heavy atom. The molecule has 2 rings (SSSR count). The SMILES string of the molecule is CCCCNC(=O)c1cccc(C(=O)NCc2ccccn2)c1. The van der Waals surface area contributed by atoms with Gasteiger partial charge in [-0.2, -0.15) is 0 Å². The molecule has 0 aliphatic heterocycles. The molecule has 120 valence electrons. The molecule has 2 N–H and O–H groups in total. The van der Waals surface area contributed by atoms with Gasteiger partial charge in [0.15, 0.2) is 0 Å². The van der Waals surface area contributed by atoms with E-state index in [9.17, 15) is 9.59 Å². The third-order valence-corrected chi connectivity index (χ3v) is 3.36. The monoisotopic (exact) mass is 311 g/mol. The van der Waals surface area contributed by atoms with E-state index in [4.69, 9.17) is 0 Å². The molecule has 0 aliphatic carbocycles. The van der Waals surface area contributed by atoms with Crippen LogP contribution in [0.1, 0.15) is 46.2 Å². The van der Waals surface area contributed by atoms with Crippen LogP contribution in [0.2, 0.25) is 0 Å². The van der Waals surface area contributed by atoms with Gasteiger partial charge in [-0.3, -0.25) is 14.6 Å². The fourth-order valence-corrected chi connectivity index (χ4v) is 2.06. The summed E-state index contributed by atoms with van der Waals surface area (Å²) in [5, 5.41) is 5.64. The summed E-state index contributed by atoms with van der Waals surface area (Å²) in [5.74, 6) is -0.378. The lowest BCUT2D eigenvalue weighted by Gasteiger charge is -2.07. The smallest absolute Gasteiger partial charge is 0.251 e. The molecule has 0 spiro atoms. The highest BCUT2D eigenvalue weighted by molar-refractivity contribution is 5.99. The van der Waals surface area contributed by atoms with Gasteiger partial charge in [-0.25, -0.2) is 0 Å². The number of amides is 2. The third kappa shape index (κ3) is 5.21. The Morgan fingerprint density at radius 2 is 1.74 bits per heavy atom. The molecule has 2 amide bonds. The van der Waals surface area contributed by atoms with Gasteiger partial charge in [-0.05, 0) is 36.8 Å². The standard InChI is InChI=1S/C18H21N3O2/c1-2-3-10-20-17(22)14-7-6-8-15(12-14)18(23)21-13-16-9-4-5-11-19-16/h4-9,11-12H,2-3,10,13H2,1H3,(H,20,22)(H,21,23). The van der Waals surface area contributed by atoms with Gasteiger partial charge in [0.2, 0.25) is 0 Å². The van der Waals surface area contributed by atoms with Crippen LogP contribution in [0.3, 0.4) is 0 Å². The molecule has 5 nitrogen and oxygen atoms in total. The third-order valence-electron chi connectivity index (χ3n) is 3.36. The van der Waals surface area contributed by atoms with E-state index < -0.39 is 0 Å². The van der Waals surface area contributed by atoms with Gasteiger partial charge >= 0.3 is 0 Å². The number of carbonyl (C=O) groups is 2. The van der Waals surface area contributed by atoms with Crippen molar-refractivity contribution >= 4 is 11.8 Å². The Kier molecular flexibility index (Phi) is 6.29. The molecule has 5 heteroatoms. The maximum Gasteiger partial charge on any atom is 0.251 e. The van der Waals surface area contributed by atoms with Crippen molar-refractivity contribution in [3.05, 3.63) is 65.5 Å². The topological polar surface area (TPSA) is 71.1 Å². The lowest BCUT2D eigenvalue weighted by atomic mass is 10.1. The van der Waals surface area contributed by atoms with Crippen molar-refractivity contribution in [1.82, 2.24) is 15.6 Å². The molecule has 0 fully saturated rings. The van der Waals surface area contributed by atoms with E-state index >= 15 is 0 Å². The van der Waals surface area contributed by atoms with Crippen molar-refractivity contribution in [3.8, 4) is 0 Å². The number of pyridine rings is 1. The Hall–Kier alpha value is -2.69. The predicted octanol–water partition coefficient (Wildman–Crippen LogP) is 2.54. The van der Waals surface area contributed by atoms with Crippen molar-refractivity contribution < 1.29 is 9.59 Å². The summed E-state index contributed by atoms with van der Waals surface area (Å²) in [4.78, 5) is 28.4. The number of benzene rings is 1.